The van der Waals surface area contributed by atoms with Crippen LogP contribution in [0.15, 0.2) is 11.6 Å². The summed E-state index contributed by atoms with van der Waals surface area (Å²) in [4.78, 5) is 0. The zero-order valence-electron chi connectivity index (χ0n) is 42.2. The van der Waals surface area contributed by atoms with Crippen LogP contribution in [0.4, 0.5) is 0 Å². The molecule has 31 atom stereocenters. The smallest absolute Gasteiger partial charge is 0.187 e. The lowest BCUT2D eigenvalue weighted by Crippen LogP contribution is -2.68. The third kappa shape index (κ3) is 8.99. The maximum Gasteiger partial charge on any atom is 0.187 e. The minimum absolute atomic E-state index is 0.173. The Balaban J connectivity index is 0.842. The molecule has 0 aromatic heterocycles. The Hall–Kier alpha value is -1.22. The van der Waals surface area contributed by atoms with E-state index in [1.54, 1.807) is 0 Å². The Labute approximate surface area is 428 Å². The third-order valence-electron chi connectivity index (χ3n) is 19.7. The van der Waals surface area contributed by atoms with Gasteiger partial charge in [-0.1, -0.05) is 39.3 Å². The minimum atomic E-state index is -2.03. The quantitative estimate of drug-likeness (QED) is 0.0871. The van der Waals surface area contributed by atoms with Crippen LogP contribution in [-0.2, 0) is 47.4 Å². The Bertz CT molecular complexity index is 1980. The largest absolute Gasteiger partial charge is 0.394 e. The van der Waals surface area contributed by atoms with Crippen molar-refractivity contribution in [2.45, 2.75) is 225 Å². The Morgan fingerprint density at radius 1 is 0.608 bits per heavy atom. The summed E-state index contributed by atoms with van der Waals surface area (Å²) in [5.41, 5.74) is -0.795. The first-order chi connectivity index (χ1) is 35.0. The molecule has 0 unspecified atom stereocenters. The number of ether oxygens (including phenoxy) is 10. The zero-order valence-corrected chi connectivity index (χ0v) is 42.2. The molecule has 10 rings (SSSR count). The van der Waals surface area contributed by atoms with E-state index in [-0.39, 0.29) is 36.2 Å². The molecule has 6 heterocycles. The Morgan fingerprint density at radius 2 is 1.23 bits per heavy atom. The van der Waals surface area contributed by atoms with Gasteiger partial charge in [0.15, 0.2) is 30.9 Å². The molecule has 74 heavy (non-hydrogen) atoms. The molecule has 1 spiro atoms. The van der Waals surface area contributed by atoms with Gasteiger partial charge in [-0.25, -0.2) is 0 Å². The maximum atomic E-state index is 12.8. The molecule has 6 aliphatic heterocycles. The van der Waals surface area contributed by atoms with E-state index in [9.17, 15) is 71.5 Å². The number of hydrogen-bond acceptors (Lipinski definition) is 24. The number of aliphatic hydroxyl groups excluding tert-OH is 13. The highest BCUT2D eigenvalue weighted by Crippen LogP contribution is 2.72. The van der Waals surface area contributed by atoms with Gasteiger partial charge in [-0.3, -0.25) is 0 Å². The minimum Gasteiger partial charge on any atom is -0.394 e. The molecule has 10 aliphatic rings. The summed E-state index contributed by atoms with van der Waals surface area (Å²) in [5, 5.41) is 154. The highest BCUT2D eigenvalue weighted by Gasteiger charge is 2.76. The first kappa shape index (κ1) is 56.1. The van der Waals surface area contributed by atoms with Crippen molar-refractivity contribution in [2.24, 2.45) is 40.4 Å². The normalized spacial score (nSPS) is 57.5. The van der Waals surface area contributed by atoms with E-state index in [4.69, 9.17) is 47.4 Å². The Kier molecular flexibility index (Phi) is 15.9. The van der Waals surface area contributed by atoms with Crippen LogP contribution in [0.25, 0.3) is 0 Å². The van der Waals surface area contributed by atoms with Gasteiger partial charge in [-0.15, -0.1) is 0 Å². The van der Waals surface area contributed by atoms with Crippen LogP contribution < -0.4 is 0 Å². The van der Waals surface area contributed by atoms with Crippen molar-refractivity contribution in [1.82, 2.24) is 0 Å². The van der Waals surface area contributed by atoms with E-state index in [0.29, 0.717) is 18.9 Å². The fourth-order valence-corrected chi connectivity index (χ4v) is 15.3. The van der Waals surface area contributed by atoms with E-state index < -0.39 is 178 Å². The maximum absolute atomic E-state index is 12.8. The average molecular weight is 1070 g/mol. The van der Waals surface area contributed by atoms with E-state index in [1.807, 2.05) is 0 Å². The first-order valence-electron chi connectivity index (χ1n) is 26.6. The molecule has 14 N–H and O–H groups in total. The van der Waals surface area contributed by atoms with Crippen molar-refractivity contribution in [3.05, 3.63) is 11.6 Å². The molecule has 0 amide bonds. The molecular weight excluding hydrogens is 985 g/mol. The number of allylic oxidation sites excluding steroid dienone is 1. The summed E-state index contributed by atoms with van der Waals surface area (Å²) in [6.45, 7) is 6.12. The molecule has 424 valence electrons. The first-order valence-corrected chi connectivity index (χ1v) is 26.6. The molecule has 0 bridgehead atoms. The van der Waals surface area contributed by atoms with Crippen LogP contribution in [0.3, 0.4) is 0 Å². The number of fused-ring (bicyclic) bond motifs is 7. The average Bonchev–Trinajstić information content (AvgIpc) is 3.73. The molecule has 0 aromatic rings. The summed E-state index contributed by atoms with van der Waals surface area (Å²) in [6.07, 6.45) is -28.8. The van der Waals surface area contributed by atoms with Gasteiger partial charge in [0, 0.05) is 17.8 Å². The van der Waals surface area contributed by atoms with Crippen LogP contribution in [0.1, 0.15) is 79.1 Å². The Morgan fingerprint density at radius 3 is 1.92 bits per heavy atom. The van der Waals surface area contributed by atoms with Crippen LogP contribution >= 0.6 is 0 Å². The second-order valence-electron chi connectivity index (χ2n) is 23.7. The summed E-state index contributed by atoms with van der Waals surface area (Å²) >= 11 is 0. The van der Waals surface area contributed by atoms with Gasteiger partial charge in [0.25, 0.3) is 0 Å². The second kappa shape index (κ2) is 21.0. The summed E-state index contributed by atoms with van der Waals surface area (Å²) in [7, 11) is 0. The fourth-order valence-electron chi connectivity index (χ4n) is 15.3. The van der Waals surface area contributed by atoms with Crippen LogP contribution in [0.5, 0.6) is 0 Å². The highest BCUT2D eigenvalue weighted by atomic mass is 16.8. The van der Waals surface area contributed by atoms with Crippen LogP contribution in [-0.4, -0.2) is 251 Å². The molecule has 0 radical (unpaired) electrons. The SMILES string of the molecule is C[C@@H]1CC[C@@]2(OC1)O[C@H]1C[C@H]3[C@@H]4CC=C5C[C@@H](O[C@@H]6O[C@H](CO)[C@H](O[C@@H]7O[C@H](CO)[C@@H](O)[C@H](O[C@@H]8OC[C@@H](O)[C@H](O)[C@H]8O)[C@H]7O[C@@H]7O[C@H](CO)[C@@H](O)[C@H](O)[C@H]7O)[C@H](O)[C@H]6O)[C@H](O)C[C@]5(C)[C@H]4CC[C@]3(C)[C@@]1(O)[C@@H]2C. The van der Waals surface area contributed by atoms with Gasteiger partial charge in [0.1, 0.15) is 97.2 Å². The van der Waals surface area contributed by atoms with E-state index >= 15 is 0 Å². The van der Waals surface area contributed by atoms with Crippen molar-refractivity contribution in [1.29, 1.82) is 0 Å². The number of aliphatic hydroxyl groups is 14. The van der Waals surface area contributed by atoms with Crippen molar-refractivity contribution in [2.75, 3.05) is 33.0 Å². The summed E-state index contributed by atoms with van der Waals surface area (Å²) < 4.78 is 60.7. The van der Waals surface area contributed by atoms with Gasteiger partial charge in [0.2, 0.25) is 0 Å². The van der Waals surface area contributed by atoms with Crippen molar-refractivity contribution >= 4 is 0 Å². The van der Waals surface area contributed by atoms with Gasteiger partial charge in [-0.2, -0.15) is 0 Å². The van der Waals surface area contributed by atoms with Crippen molar-refractivity contribution in [3.8, 4) is 0 Å². The lowest BCUT2D eigenvalue weighted by molar-refractivity contribution is -0.404. The molecule has 4 aliphatic carbocycles. The molecule has 9 fully saturated rings. The lowest BCUT2D eigenvalue weighted by atomic mass is 9.46. The number of hydrogen-bond donors (Lipinski definition) is 14. The van der Waals surface area contributed by atoms with E-state index in [2.05, 4.69) is 33.8 Å². The number of rotatable bonds is 11. The lowest BCUT2D eigenvalue weighted by Gasteiger charge is -2.60. The summed E-state index contributed by atoms with van der Waals surface area (Å²) in [5.74, 6) is 0.0358. The van der Waals surface area contributed by atoms with E-state index in [0.717, 1.165) is 44.1 Å². The van der Waals surface area contributed by atoms with Crippen molar-refractivity contribution in [3.63, 3.8) is 0 Å². The van der Waals surface area contributed by atoms with Gasteiger partial charge in [-0.05, 0) is 74.0 Å². The standard InChI is InChI=1S/C50H80O24/c1-19-7-10-49(66-17-19)20(2)50(64)31(74-49)12-24-22-6-5-21-11-27(25(54)13-47(21,3)23(22)8-9-48(24,50)4)67-44-39(63)36(60)40(30(16-53)70-44)71-46-42(73-45-38(62)35(59)33(57)28(14-51)68-45)41(34(58)29(15-52)69-46)72-43-37(61)32(56)26(55)18-65-43/h5,19-20,22-46,51-64H,6-18H2,1-4H3/t19-,20-,22-,23+,24+,25-,26-,27-,28-,29-,30-,31+,32+,33-,34-,35+,36-,37-,38-,39-,40+,41+,42-,43+,44-,45+,46+,47+,48+,49-,50-/m1/s1. The van der Waals surface area contributed by atoms with Crippen LogP contribution in [0.2, 0.25) is 0 Å². The third-order valence-corrected chi connectivity index (χ3v) is 19.7. The molecule has 6 saturated heterocycles. The highest BCUT2D eigenvalue weighted by molar-refractivity contribution is 5.29. The van der Waals surface area contributed by atoms with Crippen LogP contribution in [0, 0.1) is 40.4 Å². The van der Waals surface area contributed by atoms with Gasteiger partial charge >= 0.3 is 0 Å². The van der Waals surface area contributed by atoms with E-state index in [1.165, 1.54) is 0 Å². The monoisotopic (exact) mass is 1060 g/mol. The molecule has 3 saturated carbocycles. The van der Waals surface area contributed by atoms with Gasteiger partial charge < -0.3 is 119 Å². The molecule has 24 nitrogen and oxygen atoms in total. The summed E-state index contributed by atoms with van der Waals surface area (Å²) in [6, 6.07) is 0. The van der Waals surface area contributed by atoms with Crippen molar-refractivity contribution < 1.29 is 119 Å². The second-order valence-corrected chi connectivity index (χ2v) is 23.7. The fraction of sp³-hybridized carbons (Fsp3) is 0.960. The zero-order chi connectivity index (χ0) is 53.1. The molecular formula is C50H80O24. The predicted octanol–water partition coefficient (Wildman–Crippen LogP) is -4.26. The van der Waals surface area contributed by atoms with Gasteiger partial charge in [0.05, 0.1) is 51.3 Å². The topological polar surface area (TPSA) is 376 Å². The molecule has 0 aromatic carbocycles. The molecule has 24 heteroatoms. The predicted molar refractivity (Wildman–Crippen MR) is 245 cm³/mol.